The molecule has 17 heavy (non-hydrogen) atoms. The molecule has 0 bridgehead atoms. The second-order valence-electron chi connectivity index (χ2n) is 3.52. The van der Waals surface area contributed by atoms with Gasteiger partial charge in [-0.3, -0.25) is 0 Å². The van der Waals surface area contributed by atoms with Gasteiger partial charge in [-0.25, -0.2) is 4.39 Å². The van der Waals surface area contributed by atoms with Gasteiger partial charge in [-0.2, -0.15) is 0 Å². The Morgan fingerprint density at radius 1 is 1.18 bits per heavy atom. The normalized spacial score (nSPS) is 12.9. The summed E-state index contributed by atoms with van der Waals surface area (Å²) in [6, 6.07) is 2.19. The fourth-order valence-electron chi connectivity index (χ4n) is 1.48. The maximum atomic E-state index is 13.0. The minimum Gasteiger partial charge on any atom is -0.375 e. The van der Waals surface area contributed by atoms with E-state index >= 15 is 0 Å². The SMILES string of the molecule is COC(OC)C(C)Nc1c(Cl)cc(F)cc1Cl. The Labute approximate surface area is 110 Å². The van der Waals surface area contributed by atoms with Crippen molar-refractivity contribution < 1.29 is 13.9 Å². The molecule has 0 spiro atoms. The molecule has 0 saturated carbocycles. The first-order valence-corrected chi connectivity index (χ1v) is 5.71. The van der Waals surface area contributed by atoms with Gasteiger partial charge in [0.05, 0.1) is 21.8 Å². The van der Waals surface area contributed by atoms with E-state index in [1.165, 1.54) is 26.4 Å². The van der Waals surface area contributed by atoms with Crippen LogP contribution in [0.3, 0.4) is 0 Å². The molecular weight excluding hydrogens is 268 g/mol. The van der Waals surface area contributed by atoms with E-state index in [0.29, 0.717) is 5.69 Å². The van der Waals surface area contributed by atoms with Gasteiger partial charge in [-0.1, -0.05) is 23.2 Å². The summed E-state index contributed by atoms with van der Waals surface area (Å²) < 4.78 is 23.2. The predicted octanol–water partition coefficient (Wildman–Crippen LogP) is 3.55. The Balaban J connectivity index is 2.88. The molecule has 0 aliphatic rings. The Kier molecular flexibility index (Phi) is 5.46. The number of benzene rings is 1. The van der Waals surface area contributed by atoms with Crippen molar-refractivity contribution in [1.29, 1.82) is 0 Å². The Hall–Kier alpha value is -0.550. The van der Waals surface area contributed by atoms with Crippen molar-refractivity contribution in [1.82, 2.24) is 0 Å². The third kappa shape index (κ3) is 3.71. The maximum Gasteiger partial charge on any atom is 0.176 e. The van der Waals surface area contributed by atoms with E-state index in [-0.39, 0.29) is 16.1 Å². The molecule has 0 aliphatic carbocycles. The third-order valence-electron chi connectivity index (χ3n) is 2.25. The first kappa shape index (κ1) is 14.5. The summed E-state index contributed by atoms with van der Waals surface area (Å²) >= 11 is 11.8. The number of hydrogen-bond acceptors (Lipinski definition) is 3. The van der Waals surface area contributed by atoms with Gasteiger partial charge in [0.2, 0.25) is 0 Å². The molecule has 0 amide bonds. The van der Waals surface area contributed by atoms with E-state index in [9.17, 15) is 4.39 Å². The fraction of sp³-hybridized carbons (Fsp3) is 0.455. The standard InChI is InChI=1S/C11H14Cl2FNO2/c1-6(11(16-2)17-3)15-10-8(12)4-7(14)5-9(10)13/h4-6,11,15H,1-3H3. The lowest BCUT2D eigenvalue weighted by Gasteiger charge is -2.24. The number of nitrogens with one attached hydrogen (secondary N) is 1. The van der Waals surface area contributed by atoms with Crippen molar-refractivity contribution in [3.05, 3.63) is 28.0 Å². The minimum atomic E-state index is -0.478. The first-order valence-electron chi connectivity index (χ1n) is 4.96. The van der Waals surface area contributed by atoms with Crippen LogP contribution >= 0.6 is 23.2 Å². The molecule has 1 aromatic carbocycles. The predicted molar refractivity (Wildman–Crippen MR) is 67.3 cm³/mol. The molecule has 1 aromatic rings. The van der Waals surface area contributed by atoms with Crippen LogP contribution in [0.15, 0.2) is 12.1 Å². The van der Waals surface area contributed by atoms with E-state index in [1.54, 1.807) is 0 Å². The molecule has 0 aliphatic heterocycles. The maximum absolute atomic E-state index is 13.0. The van der Waals surface area contributed by atoms with E-state index in [2.05, 4.69) is 5.32 Å². The zero-order valence-electron chi connectivity index (χ0n) is 9.76. The van der Waals surface area contributed by atoms with Crippen molar-refractivity contribution in [3.8, 4) is 0 Å². The fourth-order valence-corrected chi connectivity index (χ4v) is 2.05. The molecular formula is C11H14Cl2FNO2. The van der Waals surface area contributed by atoms with Gasteiger partial charge >= 0.3 is 0 Å². The smallest absolute Gasteiger partial charge is 0.176 e. The number of hydrogen-bond donors (Lipinski definition) is 1. The van der Waals surface area contributed by atoms with Gasteiger partial charge in [0.1, 0.15) is 5.82 Å². The molecule has 3 nitrogen and oxygen atoms in total. The summed E-state index contributed by atoms with van der Waals surface area (Å²) in [6.45, 7) is 1.84. The number of rotatable bonds is 5. The zero-order chi connectivity index (χ0) is 13.0. The molecule has 0 saturated heterocycles. The van der Waals surface area contributed by atoms with Gasteiger partial charge in [-0.15, -0.1) is 0 Å². The van der Waals surface area contributed by atoms with Crippen molar-refractivity contribution >= 4 is 28.9 Å². The van der Waals surface area contributed by atoms with Crippen molar-refractivity contribution in [2.45, 2.75) is 19.3 Å². The van der Waals surface area contributed by atoms with Gasteiger partial charge in [0.15, 0.2) is 6.29 Å². The minimum absolute atomic E-state index is 0.189. The highest BCUT2D eigenvalue weighted by Gasteiger charge is 2.18. The summed E-state index contributed by atoms with van der Waals surface area (Å²) in [6.07, 6.45) is -0.452. The quantitative estimate of drug-likeness (QED) is 0.838. The van der Waals surface area contributed by atoms with E-state index in [1.807, 2.05) is 6.92 Å². The van der Waals surface area contributed by atoms with Gasteiger partial charge in [0, 0.05) is 14.2 Å². The molecule has 1 rings (SSSR count). The summed E-state index contributed by atoms with van der Waals surface area (Å²) in [5, 5.41) is 3.46. The van der Waals surface area contributed by atoms with Crippen LogP contribution in [0.25, 0.3) is 0 Å². The molecule has 1 atom stereocenters. The zero-order valence-corrected chi connectivity index (χ0v) is 11.3. The molecule has 96 valence electrons. The topological polar surface area (TPSA) is 30.5 Å². The van der Waals surface area contributed by atoms with Crippen LogP contribution < -0.4 is 5.32 Å². The largest absolute Gasteiger partial charge is 0.375 e. The van der Waals surface area contributed by atoms with Crippen LogP contribution in [0.2, 0.25) is 10.0 Å². The Morgan fingerprint density at radius 2 is 1.65 bits per heavy atom. The summed E-state index contributed by atoms with van der Waals surface area (Å²) in [5.74, 6) is -0.478. The molecule has 1 unspecified atom stereocenters. The highest BCUT2D eigenvalue weighted by molar-refractivity contribution is 6.39. The Morgan fingerprint density at radius 3 is 2.06 bits per heavy atom. The van der Waals surface area contributed by atoms with E-state index < -0.39 is 12.1 Å². The van der Waals surface area contributed by atoms with Crippen LogP contribution in [0.4, 0.5) is 10.1 Å². The average molecular weight is 282 g/mol. The Bertz CT molecular complexity index is 363. The third-order valence-corrected chi connectivity index (χ3v) is 2.85. The first-order chi connectivity index (χ1) is 7.99. The number of anilines is 1. The second-order valence-corrected chi connectivity index (χ2v) is 4.33. The second kappa shape index (κ2) is 6.40. The van der Waals surface area contributed by atoms with Crippen LogP contribution in [0, 0.1) is 5.82 Å². The average Bonchev–Trinajstić information content (AvgIpc) is 2.25. The lowest BCUT2D eigenvalue weighted by Crippen LogP contribution is -2.33. The number of halogens is 3. The van der Waals surface area contributed by atoms with Crippen molar-refractivity contribution in [3.63, 3.8) is 0 Å². The van der Waals surface area contributed by atoms with Gasteiger partial charge in [0.25, 0.3) is 0 Å². The summed E-state index contributed by atoms with van der Waals surface area (Å²) in [4.78, 5) is 0. The highest BCUT2D eigenvalue weighted by Crippen LogP contribution is 2.32. The van der Waals surface area contributed by atoms with Crippen molar-refractivity contribution in [2.24, 2.45) is 0 Å². The summed E-state index contributed by atoms with van der Waals surface area (Å²) in [7, 11) is 3.06. The lowest BCUT2D eigenvalue weighted by atomic mass is 10.2. The van der Waals surface area contributed by atoms with E-state index in [4.69, 9.17) is 32.7 Å². The molecule has 0 fully saturated rings. The van der Waals surface area contributed by atoms with Crippen LogP contribution in [-0.2, 0) is 9.47 Å². The molecule has 0 heterocycles. The van der Waals surface area contributed by atoms with Gasteiger partial charge in [-0.05, 0) is 19.1 Å². The monoisotopic (exact) mass is 281 g/mol. The summed E-state index contributed by atoms with van der Waals surface area (Å²) in [5.41, 5.74) is 0.460. The molecule has 0 aromatic heterocycles. The number of ether oxygens (including phenoxy) is 2. The van der Waals surface area contributed by atoms with Crippen LogP contribution in [0.1, 0.15) is 6.92 Å². The molecule has 1 N–H and O–H groups in total. The van der Waals surface area contributed by atoms with Crippen LogP contribution in [-0.4, -0.2) is 26.6 Å². The van der Waals surface area contributed by atoms with Crippen LogP contribution in [0.5, 0.6) is 0 Å². The van der Waals surface area contributed by atoms with Gasteiger partial charge < -0.3 is 14.8 Å². The number of methoxy groups -OCH3 is 2. The molecule has 6 heteroatoms. The molecule has 0 radical (unpaired) electrons. The highest BCUT2D eigenvalue weighted by atomic mass is 35.5. The van der Waals surface area contributed by atoms with E-state index in [0.717, 1.165) is 0 Å². The lowest BCUT2D eigenvalue weighted by molar-refractivity contribution is -0.109. The van der Waals surface area contributed by atoms with Crippen molar-refractivity contribution in [2.75, 3.05) is 19.5 Å².